The molecule has 1 aromatic heterocycles. The second kappa shape index (κ2) is 10.4. The highest BCUT2D eigenvalue weighted by Crippen LogP contribution is 2.38. The molecule has 0 spiro atoms. The highest BCUT2D eigenvalue weighted by Gasteiger charge is 2.32. The van der Waals surface area contributed by atoms with Gasteiger partial charge < -0.3 is 10.0 Å². The molecule has 0 bridgehead atoms. The average molecular weight is 480 g/mol. The fourth-order valence-corrected chi connectivity index (χ4v) is 3.44. The third-order valence-corrected chi connectivity index (χ3v) is 5.41. The number of rotatable bonds is 3. The molecule has 1 N–H and O–H groups in total. The number of nitrogens with zero attached hydrogens (tertiary/aromatic N) is 3. The van der Waals surface area contributed by atoms with Crippen LogP contribution < -0.4 is 0 Å². The van der Waals surface area contributed by atoms with Crippen LogP contribution in [0.25, 0.3) is 11.1 Å². The van der Waals surface area contributed by atoms with Crippen molar-refractivity contribution in [1.29, 1.82) is 0 Å². The number of likely N-dealkylation sites (N-methyl/N-ethyl adjacent to an activating group) is 1. The Bertz CT molecular complexity index is 860. The highest BCUT2D eigenvalue weighted by atomic mass is 35.5. The second-order valence-corrected chi connectivity index (χ2v) is 8.79. The number of hydrogen-bond donors (Lipinski definition) is 1. The first-order valence-electron chi connectivity index (χ1n) is 9.76. The van der Waals surface area contributed by atoms with Gasteiger partial charge in [0.05, 0.1) is 0 Å². The molecule has 4 nitrogen and oxygen atoms in total. The van der Waals surface area contributed by atoms with Crippen LogP contribution in [0.4, 0.5) is 13.2 Å². The lowest BCUT2D eigenvalue weighted by molar-refractivity contribution is -0.141. The molecule has 2 aromatic rings. The van der Waals surface area contributed by atoms with E-state index in [1.165, 1.54) is 12.3 Å². The van der Waals surface area contributed by atoms with Crippen molar-refractivity contribution in [2.75, 3.05) is 33.2 Å². The summed E-state index contributed by atoms with van der Waals surface area (Å²) in [5.41, 5.74) is 1.69. The number of alkyl halides is 3. The molecule has 174 valence electrons. The Labute approximate surface area is 194 Å². The SMILES string of the molecule is CN1CCN(Cc2cc(C(C)(C)C)cc(-c3ccc(C(F)(F)F)nc3)c2O)CC1.Cl.Cl. The van der Waals surface area contributed by atoms with Gasteiger partial charge in [-0.05, 0) is 30.2 Å². The van der Waals surface area contributed by atoms with Gasteiger partial charge in [0.1, 0.15) is 11.4 Å². The van der Waals surface area contributed by atoms with Crippen molar-refractivity contribution in [3.63, 3.8) is 0 Å². The molecule has 1 aliphatic heterocycles. The maximum atomic E-state index is 12.9. The molecule has 31 heavy (non-hydrogen) atoms. The van der Waals surface area contributed by atoms with Gasteiger partial charge in [0.15, 0.2) is 0 Å². The van der Waals surface area contributed by atoms with Gasteiger partial charge >= 0.3 is 6.18 Å². The van der Waals surface area contributed by atoms with Crippen LogP contribution in [0.2, 0.25) is 0 Å². The van der Waals surface area contributed by atoms with Crippen molar-refractivity contribution in [3.05, 3.63) is 47.3 Å². The molecule has 2 heterocycles. The minimum atomic E-state index is -4.49. The lowest BCUT2D eigenvalue weighted by Gasteiger charge is -2.33. The van der Waals surface area contributed by atoms with Gasteiger partial charge in [0.25, 0.3) is 0 Å². The van der Waals surface area contributed by atoms with E-state index in [1.54, 1.807) is 0 Å². The van der Waals surface area contributed by atoms with Crippen molar-refractivity contribution in [1.82, 2.24) is 14.8 Å². The summed E-state index contributed by atoms with van der Waals surface area (Å²) in [7, 11) is 2.09. The van der Waals surface area contributed by atoms with Gasteiger partial charge in [-0.15, -0.1) is 24.8 Å². The Morgan fingerprint density at radius 1 is 1.00 bits per heavy atom. The molecule has 0 radical (unpaired) electrons. The molecule has 0 amide bonds. The van der Waals surface area contributed by atoms with E-state index in [0.29, 0.717) is 17.7 Å². The molecule has 0 unspecified atom stereocenters. The Hall–Kier alpha value is -1.54. The second-order valence-electron chi connectivity index (χ2n) is 8.79. The molecule has 1 saturated heterocycles. The quantitative estimate of drug-likeness (QED) is 0.642. The number of piperazine rings is 1. The summed E-state index contributed by atoms with van der Waals surface area (Å²) in [5, 5.41) is 11.0. The van der Waals surface area contributed by atoms with E-state index in [1.807, 2.05) is 12.1 Å². The molecule has 1 aliphatic rings. The van der Waals surface area contributed by atoms with Crippen molar-refractivity contribution >= 4 is 24.8 Å². The van der Waals surface area contributed by atoms with Crippen LogP contribution in [0.1, 0.15) is 37.6 Å². The fourth-order valence-electron chi connectivity index (χ4n) is 3.44. The zero-order valence-corrected chi connectivity index (χ0v) is 19.8. The molecular weight excluding hydrogens is 450 g/mol. The number of benzene rings is 1. The van der Waals surface area contributed by atoms with Gasteiger partial charge in [-0.2, -0.15) is 13.2 Å². The normalized spacial score (nSPS) is 15.8. The Morgan fingerprint density at radius 2 is 1.61 bits per heavy atom. The standard InChI is InChI=1S/C22H28F3N3O.2ClH/c1-21(2,3)17-11-16(14-28-9-7-27(4)8-10-28)20(29)18(12-17)15-5-6-19(26-13-15)22(23,24)25;;/h5-6,11-13,29H,7-10,14H2,1-4H3;2*1H. The van der Waals surface area contributed by atoms with Crippen molar-refractivity contribution in [2.24, 2.45) is 0 Å². The maximum absolute atomic E-state index is 12.9. The number of phenols is 1. The van der Waals surface area contributed by atoms with E-state index in [-0.39, 0.29) is 36.0 Å². The van der Waals surface area contributed by atoms with Crippen LogP contribution in [0, 0.1) is 0 Å². The summed E-state index contributed by atoms with van der Waals surface area (Å²) in [4.78, 5) is 8.11. The van der Waals surface area contributed by atoms with Crippen LogP contribution in [0.15, 0.2) is 30.5 Å². The van der Waals surface area contributed by atoms with Crippen LogP contribution in [0.5, 0.6) is 5.75 Å². The fraction of sp³-hybridized carbons (Fsp3) is 0.500. The van der Waals surface area contributed by atoms with Crippen LogP contribution in [-0.4, -0.2) is 53.1 Å². The van der Waals surface area contributed by atoms with E-state index in [9.17, 15) is 18.3 Å². The van der Waals surface area contributed by atoms with Crippen LogP contribution >= 0.6 is 24.8 Å². The van der Waals surface area contributed by atoms with E-state index < -0.39 is 11.9 Å². The Balaban J connectivity index is 0.00000240. The number of hydrogen-bond acceptors (Lipinski definition) is 4. The monoisotopic (exact) mass is 479 g/mol. The molecule has 9 heteroatoms. The smallest absolute Gasteiger partial charge is 0.433 e. The molecule has 0 aliphatic carbocycles. The van der Waals surface area contributed by atoms with Gasteiger partial charge in [0, 0.05) is 55.6 Å². The van der Waals surface area contributed by atoms with Gasteiger partial charge in [-0.25, -0.2) is 0 Å². The summed E-state index contributed by atoms with van der Waals surface area (Å²) in [5.74, 6) is 0.110. The first kappa shape index (κ1) is 27.5. The molecule has 0 saturated carbocycles. The number of phenolic OH excluding ortho intramolecular Hbond substituents is 1. The van der Waals surface area contributed by atoms with Crippen molar-refractivity contribution < 1.29 is 18.3 Å². The van der Waals surface area contributed by atoms with E-state index in [0.717, 1.165) is 43.4 Å². The molecular formula is C22H30Cl2F3N3O. The number of aromatic hydroxyl groups is 1. The predicted molar refractivity (Wildman–Crippen MR) is 122 cm³/mol. The van der Waals surface area contributed by atoms with Gasteiger partial charge in [-0.1, -0.05) is 32.9 Å². The summed E-state index contributed by atoms with van der Waals surface area (Å²) >= 11 is 0. The minimum Gasteiger partial charge on any atom is -0.507 e. The Morgan fingerprint density at radius 3 is 2.10 bits per heavy atom. The van der Waals surface area contributed by atoms with Crippen LogP contribution in [-0.2, 0) is 18.1 Å². The molecule has 3 rings (SSSR count). The Kier molecular flexibility index (Phi) is 9.21. The lowest BCUT2D eigenvalue weighted by atomic mass is 9.83. The predicted octanol–water partition coefficient (Wildman–Crippen LogP) is 5.36. The van der Waals surface area contributed by atoms with E-state index in [2.05, 4.69) is 42.6 Å². The third kappa shape index (κ3) is 6.72. The van der Waals surface area contributed by atoms with Crippen molar-refractivity contribution in [3.8, 4) is 16.9 Å². The first-order chi connectivity index (χ1) is 13.4. The first-order valence-corrected chi connectivity index (χ1v) is 9.76. The van der Waals surface area contributed by atoms with E-state index >= 15 is 0 Å². The number of halogens is 5. The maximum Gasteiger partial charge on any atom is 0.433 e. The largest absolute Gasteiger partial charge is 0.507 e. The summed E-state index contributed by atoms with van der Waals surface area (Å²) < 4.78 is 38.6. The average Bonchev–Trinajstić information content (AvgIpc) is 2.63. The summed E-state index contributed by atoms with van der Waals surface area (Å²) in [6.45, 7) is 10.6. The zero-order chi connectivity index (χ0) is 21.4. The number of pyridine rings is 1. The van der Waals surface area contributed by atoms with Crippen molar-refractivity contribution in [2.45, 2.75) is 38.9 Å². The summed E-state index contributed by atoms with van der Waals surface area (Å²) in [6, 6.07) is 6.19. The topological polar surface area (TPSA) is 39.6 Å². The van der Waals surface area contributed by atoms with Gasteiger partial charge in [0.2, 0.25) is 0 Å². The third-order valence-electron chi connectivity index (χ3n) is 5.41. The molecule has 1 aromatic carbocycles. The molecule has 0 atom stereocenters. The van der Waals surface area contributed by atoms with Gasteiger partial charge in [-0.3, -0.25) is 9.88 Å². The summed E-state index contributed by atoms with van der Waals surface area (Å²) in [6.07, 6.45) is -3.30. The minimum absolute atomic E-state index is 0. The lowest BCUT2D eigenvalue weighted by Crippen LogP contribution is -2.43. The van der Waals surface area contributed by atoms with Crippen LogP contribution in [0.3, 0.4) is 0 Å². The highest BCUT2D eigenvalue weighted by molar-refractivity contribution is 5.85. The zero-order valence-electron chi connectivity index (χ0n) is 18.2. The number of aromatic nitrogens is 1. The van der Waals surface area contributed by atoms with E-state index in [4.69, 9.17) is 0 Å². The molecule has 1 fully saturated rings.